The van der Waals surface area contributed by atoms with E-state index in [1.807, 2.05) is 13.8 Å². The van der Waals surface area contributed by atoms with Crippen LogP contribution in [0.25, 0.3) is 0 Å². The molecule has 3 aliphatic heterocycles. The smallest absolute Gasteiger partial charge is 0.381 e. The van der Waals surface area contributed by atoms with Crippen LogP contribution in [0.15, 0.2) is 4.99 Å². The van der Waals surface area contributed by atoms with E-state index in [-0.39, 0.29) is 85.5 Å². The van der Waals surface area contributed by atoms with Crippen molar-refractivity contribution < 1.29 is 32.2 Å². The predicted molar refractivity (Wildman–Crippen MR) is 157 cm³/mol. The Morgan fingerprint density at radius 3 is 2.44 bits per heavy atom. The average Bonchev–Trinajstić information content (AvgIpc) is 3.36. The van der Waals surface area contributed by atoms with Crippen LogP contribution in [0.5, 0.6) is 0 Å². The summed E-state index contributed by atoms with van der Waals surface area (Å²) in [7, 11) is 1.70. The lowest BCUT2D eigenvalue weighted by Gasteiger charge is -2.45. The van der Waals surface area contributed by atoms with Crippen LogP contribution >= 0.6 is 11.6 Å². The molecule has 2 saturated carbocycles. The Morgan fingerprint density at radius 2 is 1.84 bits per heavy atom. The largest absolute Gasteiger partial charge is 0.393 e. The summed E-state index contributed by atoms with van der Waals surface area (Å²) in [5, 5.41) is 6.09. The van der Waals surface area contributed by atoms with Gasteiger partial charge >= 0.3 is 12.2 Å². The molecule has 2 aliphatic carbocycles. The molecule has 0 aromatic heterocycles. The lowest BCUT2D eigenvalue weighted by molar-refractivity contribution is -0.180. The second-order valence-corrected chi connectivity index (χ2v) is 13.9. The van der Waals surface area contributed by atoms with Crippen LogP contribution in [-0.4, -0.2) is 109 Å². The van der Waals surface area contributed by atoms with Gasteiger partial charge in [0.15, 0.2) is 0 Å². The summed E-state index contributed by atoms with van der Waals surface area (Å²) < 4.78 is 53.1. The average molecular weight is 634 g/mol. The van der Waals surface area contributed by atoms with Gasteiger partial charge in [-0.1, -0.05) is 0 Å². The minimum atomic E-state index is -4.27. The SMILES string of the molecule is COC1CCC(C2=N[C@@H](C3CCC(Cl)CC3)[C@@H](C3CCC(C(F)(F)F)CN3)N2C(=O)N2CCNC(=O)C2)C(OC(C)C)C1. The number of carbonyl (C=O) groups is 2. The third-order valence-corrected chi connectivity index (χ3v) is 10.5. The number of amides is 3. The van der Waals surface area contributed by atoms with E-state index in [1.165, 1.54) is 0 Å². The van der Waals surface area contributed by atoms with Crippen molar-refractivity contribution in [1.29, 1.82) is 0 Å². The van der Waals surface area contributed by atoms with Crippen LogP contribution in [-0.2, 0) is 14.3 Å². The fourth-order valence-corrected chi connectivity index (χ4v) is 8.08. The van der Waals surface area contributed by atoms with Crippen LogP contribution in [0.3, 0.4) is 0 Å². The number of halogens is 4. The van der Waals surface area contributed by atoms with Crippen LogP contribution < -0.4 is 10.6 Å². The maximum Gasteiger partial charge on any atom is 0.393 e. The minimum Gasteiger partial charge on any atom is -0.381 e. The normalized spacial score (nSPS) is 37.8. The number of ether oxygens (including phenoxy) is 2. The van der Waals surface area contributed by atoms with E-state index in [9.17, 15) is 22.8 Å². The van der Waals surface area contributed by atoms with Gasteiger partial charge in [0.05, 0.1) is 36.3 Å². The Labute approximate surface area is 257 Å². The lowest BCUT2D eigenvalue weighted by atomic mass is 9.77. The first-order valence-electron chi connectivity index (χ1n) is 16.0. The number of alkyl halides is 4. The van der Waals surface area contributed by atoms with E-state index >= 15 is 0 Å². The number of nitrogens with zero attached hydrogens (tertiary/aromatic N) is 3. The van der Waals surface area contributed by atoms with Crippen LogP contribution in [0.1, 0.15) is 71.6 Å². The first-order chi connectivity index (χ1) is 20.5. The van der Waals surface area contributed by atoms with Gasteiger partial charge in [-0.15, -0.1) is 11.6 Å². The number of methoxy groups -OCH3 is 1. The summed E-state index contributed by atoms with van der Waals surface area (Å²) in [6.45, 7) is 4.43. The second-order valence-electron chi connectivity index (χ2n) is 13.2. The van der Waals surface area contributed by atoms with Gasteiger partial charge in [0.2, 0.25) is 5.91 Å². The number of aliphatic imine (C=N–C) groups is 1. The molecule has 3 heterocycles. The molecule has 0 radical (unpaired) electrons. The zero-order chi connectivity index (χ0) is 30.9. The van der Waals surface area contributed by atoms with Gasteiger partial charge in [-0.3, -0.25) is 14.7 Å². The third kappa shape index (κ3) is 7.44. The van der Waals surface area contributed by atoms with Gasteiger partial charge in [0, 0.05) is 50.5 Å². The maximum absolute atomic E-state index is 14.5. The number of hydrogen-bond acceptors (Lipinski definition) is 6. The summed E-state index contributed by atoms with van der Waals surface area (Å²) in [4.78, 5) is 35.6. The molecule has 0 aromatic rings. The summed E-state index contributed by atoms with van der Waals surface area (Å²) in [5.41, 5.74) is 0. The zero-order valence-electron chi connectivity index (χ0n) is 25.5. The first kappa shape index (κ1) is 32.8. The van der Waals surface area contributed by atoms with E-state index in [1.54, 1.807) is 16.9 Å². The van der Waals surface area contributed by atoms with Crippen LogP contribution in [0, 0.1) is 17.8 Å². The van der Waals surface area contributed by atoms with Gasteiger partial charge in [0.1, 0.15) is 12.4 Å². The van der Waals surface area contributed by atoms with E-state index in [0.717, 1.165) is 32.1 Å². The van der Waals surface area contributed by atoms with Crippen molar-refractivity contribution >= 4 is 29.4 Å². The molecule has 244 valence electrons. The number of hydrogen-bond donors (Lipinski definition) is 2. The number of urea groups is 1. The van der Waals surface area contributed by atoms with Gasteiger partial charge in [0.25, 0.3) is 0 Å². The Balaban J connectivity index is 1.52. The van der Waals surface area contributed by atoms with Crippen molar-refractivity contribution in [3.63, 3.8) is 0 Å². The highest BCUT2D eigenvalue weighted by Crippen LogP contribution is 2.43. The van der Waals surface area contributed by atoms with Crippen molar-refractivity contribution in [2.75, 3.05) is 33.3 Å². The van der Waals surface area contributed by atoms with Gasteiger partial charge < -0.3 is 25.0 Å². The van der Waals surface area contributed by atoms with Crippen molar-refractivity contribution in [3.8, 4) is 0 Å². The molecule has 5 unspecified atom stereocenters. The highest BCUT2D eigenvalue weighted by molar-refractivity contribution is 6.20. The number of amidine groups is 1. The summed E-state index contributed by atoms with van der Waals surface area (Å²) in [6.07, 6.45) is 1.29. The topological polar surface area (TPSA) is 95.5 Å². The third-order valence-electron chi connectivity index (χ3n) is 10.1. The zero-order valence-corrected chi connectivity index (χ0v) is 26.2. The Kier molecular flexibility index (Phi) is 10.5. The summed E-state index contributed by atoms with van der Waals surface area (Å²) in [5.74, 6) is -1.02. The molecule has 4 fully saturated rings. The molecule has 13 heteroatoms. The van der Waals surface area contributed by atoms with E-state index in [2.05, 4.69) is 10.6 Å². The standard InChI is InChI=1S/C30H47ClF3N5O4/c1-17(2)43-24-14-21(42-3)9-10-22(24)28-37-26(18-4-7-20(31)8-5-18)27(23-11-6-19(15-36-23)30(32,33)34)39(28)29(41)38-13-12-35-25(40)16-38/h17-24,26-27,36H,4-16H2,1-3H3,(H,35,40)/t18?,19?,20?,21?,22?,23?,24?,26-,27+/m0/s1. The number of nitrogens with one attached hydrogen (secondary N) is 2. The number of carbonyl (C=O) groups excluding carboxylic acids is 2. The molecule has 5 rings (SSSR count). The number of piperidine rings is 1. The fraction of sp³-hybridized carbons (Fsp3) is 0.900. The molecule has 9 nitrogen and oxygen atoms in total. The van der Waals surface area contributed by atoms with Crippen molar-refractivity contribution in [2.24, 2.45) is 22.7 Å². The van der Waals surface area contributed by atoms with Crippen molar-refractivity contribution in [1.82, 2.24) is 20.4 Å². The Morgan fingerprint density at radius 1 is 1.09 bits per heavy atom. The Bertz CT molecular complexity index is 1020. The molecule has 43 heavy (non-hydrogen) atoms. The number of rotatable bonds is 6. The molecule has 5 aliphatic rings. The maximum atomic E-state index is 14.5. The van der Waals surface area contributed by atoms with E-state index < -0.39 is 18.1 Å². The number of piperazine rings is 1. The van der Waals surface area contributed by atoms with E-state index in [0.29, 0.717) is 31.8 Å². The van der Waals surface area contributed by atoms with Crippen LogP contribution in [0.2, 0.25) is 0 Å². The molecular formula is C30H47ClF3N5O4. The highest BCUT2D eigenvalue weighted by Gasteiger charge is 2.54. The summed E-state index contributed by atoms with van der Waals surface area (Å²) >= 11 is 6.48. The highest BCUT2D eigenvalue weighted by atomic mass is 35.5. The van der Waals surface area contributed by atoms with Gasteiger partial charge in [-0.25, -0.2) is 4.79 Å². The molecule has 7 atom stereocenters. The minimum absolute atomic E-state index is 0.000322. The molecule has 0 spiro atoms. The Hall–Kier alpha value is -1.63. The predicted octanol–water partition coefficient (Wildman–Crippen LogP) is 4.33. The van der Waals surface area contributed by atoms with E-state index in [4.69, 9.17) is 26.1 Å². The lowest BCUT2D eigenvalue weighted by Crippen LogP contribution is -2.64. The quantitative estimate of drug-likeness (QED) is 0.425. The van der Waals surface area contributed by atoms with Crippen molar-refractivity contribution in [3.05, 3.63) is 0 Å². The van der Waals surface area contributed by atoms with Crippen LogP contribution in [0.4, 0.5) is 18.0 Å². The molecule has 0 bridgehead atoms. The fourth-order valence-electron chi connectivity index (χ4n) is 7.82. The molecule has 0 aromatic carbocycles. The van der Waals surface area contributed by atoms with Crippen molar-refractivity contribution in [2.45, 2.75) is 120 Å². The second kappa shape index (κ2) is 13.8. The van der Waals surface area contributed by atoms with Gasteiger partial charge in [-0.05, 0) is 71.1 Å². The monoisotopic (exact) mass is 633 g/mol. The first-order valence-corrected chi connectivity index (χ1v) is 16.4. The van der Waals surface area contributed by atoms with Gasteiger partial charge in [-0.2, -0.15) is 13.2 Å². The summed E-state index contributed by atoms with van der Waals surface area (Å²) in [6, 6.07) is -1.40. The molecule has 2 N–H and O–H groups in total. The molecule has 3 amide bonds. The molecular weight excluding hydrogens is 587 g/mol. The molecule has 2 saturated heterocycles.